The van der Waals surface area contributed by atoms with Gasteiger partial charge in [-0.15, -0.1) is 0 Å². The summed E-state index contributed by atoms with van der Waals surface area (Å²) in [5.41, 5.74) is -1.92. The molecule has 2 unspecified atom stereocenters. The second-order valence-corrected chi connectivity index (χ2v) is 18.4. The molecule has 412 valence electrons. The molecule has 0 fully saturated rings. The molecule has 6 rings (SSSR count). The molecule has 0 radical (unpaired) electrons. The Morgan fingerprint density at radius 2 is 0.949 bits per heavy atom. The number of esters is 2. The van der Waals surface area contributed by atoms with Gasteiger partial charge in [0.15, 0.2) is 0 Å². The third-order valence-electron chi connectivity index (χ3n) is 12.8. The summed E-state index contributed by atoms with van der Waals surface area (Å²) in [4.78, 5) is 88.2. The monoisotopic (exact) mass is 1200 g/mol. The number of likely N-dealkylation sites (N-methyl/N-ethyl adjacent to an activating group) is 1. The normalized spacial score (nSPS) is 16.0. The third-order valence-corrected chi connectivity index (χ3v) is 12.8. The van der Waals surface area contributed by atoms with E-state index < -0.39 is 84.5 Å². The molecule has 2 aliphatic rings. The van der Waals surface area contributed by atoms with Crippen LogP contribution < -0.4 is 44.4 Å². The molecular weight excluding hydrogens is 1140 g/mol. The molecule has 0 saturated carbocycles. The van der Waals surface area contributed by atoms with Gasteiger partial charge in [0.2, 0.25) is 11.8 Å². The van der Waals surface area contributed by atoms with Gasteiger partial charge >= 0.3 is 36.4 Å². The first-order chi connectivity index (χ1) is 36.3. The van der Waals surface area contributed by atoms with Gasteiger partial charge in [0, 0.05) is 11.4 Å². The highest BCUT2D eigenvalue weighted by atomic mass is 127. The van der Waals surface area contributed by atoms with Crippen LogP contribution in [0.2, 0.25) is 0 Å². The molecule has 0 spiro atoms. The zero-order chi connectivity index (χ0) is 56.6. The van der Waals surface area contributed by atoms with E-state index in [0.29, 0.717) is 11.1 Å². The van der Waals surface area contributed by atoms with Crippen LogP contribution in [0.25, 0.3) is 0 Å². The van der Waals surface area contributed by atoms with Gasteiger partial charge in [-0.05, 0) is 99.5 Å². The van der Waals surface area contributed by atoms with Crippen LogP contribution in [0.15, 0.2) is 120 Å². The highest BCUT2D eigenvalue weighted by Gasteiger charge is 2.46. The van der Waals surface area contributed by atoms with Crippen LogP contribution in [0.3, 0.4) is 0 Å². The van der Waals surface area contributed by atoms with Crippen molar-refractivity contribution >= 4 is 47.2 Å². The number of hydrogen-bond acceptors (Lipinski definition) is 10. The molecule has 0 saturated heterocycles. The summed E-state index contributed by atoms with van der Waals surface area (Å²) in [6.07, 6.45) is -9.58. The number of amides is 6. The summed E-state index contributed by atoms with van der Waals surface area (Å²) in [6.45, 7) is 4.65. The number of anilines is 2. The van der Waals surface area contributed by atoms with E-state index >= 15 is 0 Å². The summed E-state index contributed by atoms with van der Waals surface area (Å²) in [6, 6.07) is 19.0. The fourth-order valence-electron chi connectivity index (χ4n) is 8.92. The van der Waals surface area contributed by atoms with Gasteiger partial charge in [-0.2, -0.15) is 36.9 Å². The number of allylic oxidation sites excluding steroid dienone is 2. The number of hydrogen-bond donors (Lipinski definition) is 2. The van der Waals surface area contributed by atoms with Crippen molar-refractivity contribution in [1.29, 1.82) is 10.5 Å². The van der Waals surface area contributed by atoms with Crippen molar-refractivity contribution in [2.45, 2.75) is 52.1 Å². The van der Waals surface area contributed by atoms with Crippen molar-refractivity contribution in [1.82, 2.24) is 20.4 Å². The maximum atomic E-state index is 14.6. The van der Waals surface area contributed by atoms with Gasteiger partial charge in [-0.1, -0.05) is 36.4 Å². The van der Waals surface area contributed by atoms with Gasteiger partial charge in [0.1, 0.15) is 13.1 Å². The quantitative estimate of drug-likeness (QED) is 0.0583. The highest BCUT2D eigenvalue weighted by Crippen LogP contribution is 2.43. The topological polar surface area (TPSA) is 205 Å². The first-order valence-electron chi connectivity index (χ1n) is 24.0. The van der Waals surface area contributed by atoms with Crippen LogP contribution in [0, 0.1) is 22.7 Å². The Morgan fingerprint density at radius 1 is 0.603 bits per heavy atom. The Labute approximate surface area is 462 Å². The average Bonchev–Trinajstić information content (AvgIpc) is 3.42. The summed E-state index contributed by atoms with van der Waals surface area (Å²) in [5.74, 6) is -3.24. The smallest absolute Gasteiger partial charge is 0.416 e. The second kappa shape index (κ2) is 25.5. The largest absolute Gasteiger partial charge is 1.00 e. The van der Waals surface area contributed by atoms with Crippen LogP contribution in [-0.4, -0.2) is 117 Å². The van der Waals surface area contributed by atoms with Crippen molar-refractivity contribution in [2.24, 2.45) is 0 Å². The number of nitrogens with zero attached hydrogens (tertiary/aromatic N) is 7. The standard InChI is InChI=1S/C54H53F6N9O8.HI/c1-7-76-49(72)45-33(3)67(41-13-9-11-39(27-41)53(55,56)57)51(74)65(47(45)37-19-15-35(29-61)16-20-37)31-43(70)63-23-25-69(5,6)26-24-64-44(71)32-66-48(38-21-17-36(30-62)18-22-38)46(50(73)77-8-2)34(4)68(52(66)75)42-14-10-12-40(28-42)54(58,59)60;/h9-22,27-28,47-48H,7-8,23-26,31-32H2,1-6H3,(H-,63,64,70,71);1H. The number of ether oxygens (including phenoxy) is 2. The zero-order valence-corrected chi connectivity index (χ0v) is 45.2. The molecule has 2 heterocycles. The number of carbonyl (C=O) groups excluding carboxylic acids is 6. The molecule has 4 aromatic carbocycles. The van der Waals surface area contributed by atoms with Gasteiger partial charge in [0.25, 0.3) is 0 Å². The maximum absolute atomic E-state index is 14.6. The molecule has 78 heavy (non-hydrogen) atoms. The lowest BCUT2D eigenvalue weighted by Crippen LogP contribution is -3.00. The fourth-order valence-corrected chi connectivity index (χ4v) is 8.92. The van der Waals surface area contributed by atoms with Crippen molar-refractivity contribution in [3.8, 4) is 12.1 Å². The molecule has 2 aliphatic heterocycles. The van der Waals surface area contributed by atoms with Crippen LogP contribution in [0.1, 0.15) is 73.2 Å². The SMILES string of the molecule is CCOC(=O)C1=C(C)N(c2cccc(C(F)(F)F)c2)C(=O)N(CC(=O)NCC[N+](C)(C)CCNC(=O)CN2C(=O)N(c3cccc(C(F)(F)F)c3)C(C)=C(C(=O)OCC)C2c2ccc(C#N)cc2)C1c1ccc(C#N)cc1.[I-]. The molecule has 24 heteroatoms. The third kappa shape index (κ3) is 13.9. The van der Waals surface area contributed by atoms with Crippen molar-refractivity contribution in [2.75, 3.05) is 76.4 Å². The molecular formula is C54H54F6IN9O8. The van der Waals surface area contributed by atoms with Crippen molar-refractivity contribution in [3.63, 3.8) is 0 Å². The molecule has 0 aliphatic carbocycles. The zero-order valence-electron chi connectivity index (χ0n) is 43.1. The Balaban J connectivity index is 0.0000112. The fraction of sp³-hybridized carbons (Fsp3) is 0.333. The lowest BCUT2D eigenvalue weighted by Gasteiger charge is -2.42. The van der Waals surface area contributed by atoms with E-state index in [1.54, 1.807) is 27.9 Å². The summed E-state index contributed by atoms with van der Waals surface area (Å²) in [7, 11) is 3.56. The number of quaternary nitrogens is 1. The second-order valence-electron chi connectivity index (χ2n) is 18.4. The predicted octanol–water partition coefficient (Wildman–Crippen LogP) is 5.12. The van der Waals surface area contributed by atoms with E-state index in [-0.39, 0.29) is 113 Å². The molecule has 0 aromatic heterocycles. The molecule has 6 amide bonds. The molecule has 2 N–H and O–H groups in total. The molecule has 0 bridgehead atoms. The number of urea groups is 2. The number of rotatable bonds is 18. The number of benzene rings is 4. The minimum Gasteiger partial charge on any atom is -1.00 e. The van der Waals surface area contributed by atoms with Crippen LogP contribution in [-0.2, 0) is 41.0 Å². The van der Waals surface area contributed by atoms with Crippen molar-refractivity contribution in [3.05, 3.63) is 153 Å². The van der Waals surface area contributed by atoms with Crippen LogP contribution in [0.5, 0.6) is 0 Å². The minimum atomic E-state index is -4.79. The van der Waals surface area contributed by atoms with E-state index in [2.05, 4.69) is 10.6 Å². The van der Waals surface area contributed by atoms with Gasteiger partial charge in [0.05, 0.1) is 122 Å². The van der Waals surface area contributed by atoms with E-state index in [1.807, 2.05) is 12.1 Å². The van der Waals surface area contributed by atoms with E-state index in [4.69, 9.17) is 9.47 Å². The first kappa shape index (κ1) is 60.9. The maximum Gasteiger partial charge on any atom is 0.416 e. The summed E-state index contributed by atoms with van der Waals surface area (Å²) in [5, 5.41) is 24.5. The van der Waals surface area contributed by atoms with Gasteiger partial charge in [-0.3, -0.25) is 19.4 Å². The molecule has 17 nitrogen and oxygen atoms in total. The Kier molecular flexibility index (Phi) is 19.9. The van der Waals surface area contributed by atoms with Gasteiger partial charge < -0.3 is 58.4 Å². The lowest BCUT2D eigenvalue weighted by molar-refractivity contribution is -0.887. The summed E-state index contributed by atoms with van der Waals surface area (Å²) >= 11 is 0. The van der Waals surface area contributed by atoms with E-state index in [0.717, 1.165) is 56.0 Å². The van der Waals surface area contributed by atoms with Crippen LogP contribution >= 0.6 is 0 Å². The predicted molar refractivity (Wildman–Crippen MR) is 266 cm³/mol. The number of nitriles is 2. The lowest BCUT2D eigenvalue weighted by atomic mass is 9.92. The highest BCUT2D eigenvalue weighted by molar-refractivity contribution is 6.05. The van der Waals surface area contributed by atoms with E-state index in [9.17, 15) is 65.6 Å². The summed E-state index contributed by atoms with van der Waals surface area (Å²) < 4.78 is 94.5. The Bertz CT molecular complexity index is 2880. The van der Waals surface area contributed by atoms with Crippen LogP contribution in [0.4, 0.5) is 47.3 Å². The van der Waals surface area contributed by atoms with E-state index in [1.165, 1.54) is 74.5 Å². The van der Waals surface area contributed by atoms with Crippen molar-refractivity contribution < 1.29 is 93.0 Å². The first-order valence-corrected chi connectivity index (χ1v) is 24.0. The Hall–Kier alpha value is -7.97. The minimum absolute atomic E-state index is 0. The van der Waals surface area contributed by atoms with Gasteiger partial charge in [-0.25, -0.2) is 19.2 Å². The number of halogens is 7. The number of alkyl halides is 6. The molecule has 2 atom stereocenters. The average molecular weight is 1200 g/mol. The number of carbonyl (C=O) groups is 6. The number of nitrogens with one attached hydrogen (secondary N) is 2. The Morgan fingerprint density at radius 3 is 1.26 bits per heavy atom. The molecule has 4 aromatic rings.